The summed E-state index contributed by atoms with van der Waals surface area (Å²) >= 11 is 1.44. The van der Waals surface area contributed by atoms with Crippen LogP contribution in [-0.2, 0) is 13.1 Å². The van der Waals surface area contributed by atoms with Gasteiger partial charge in [0.25, 0.3) is 11.5 Å². The summed E-state index contributed by atoms with van der Waals surface area (Å²) < 4.78 is 7.70. The lowest BCUT2D eigenvalue weighted by molar-refractivity contribution is 0.0956. The number of pyridine rings is 1. The van der Waals surface area contributed by atoms with Crippen molar-refractivity contribution in [2.24, 2.45) is 0 Å². The van der Waals surface area contributed by atoms with Crippen LogP contribution in [0.3, 0.4) is 0 Å². The first-order valence-corrected chi connectivity index (χ1v) is 11.4. The van der Waals surface area contributed by atoms with Gasteiger partial charge in [-0.3, -0.25) is 19.1 Å². The summed E-state index contributed by atoms with van der Waals surface area (Å²) in [5, 5.41) is 2.58. The molecule has 2 N–H and O–H groups in total. The lowest BCUT2D eigenvalue weighted by Crippen LogP contribution is -2.57. The maximum absolute atomic E-state index is 12.6. The Morgan fingerprint density at radius 1 is 1.34 bits per heavy atom. The lowest BCUT2D eigenvalue weighted by Gasteiger charge is -2.45. The molecular weight excluding hydrogens is 432 g/mol. The second-order valence-electron chi connectivity index (χ2n) is 7.93. The second-order valence-corrected chi connectivity index (χ2v) is 9.07. The number of nitrogens with one attached hydrogen (secondary N) is 2. The van der Waals surface area contributed by atoms with Crippen molar-refractivity contribution < 1.29 is 9.53 Å². The van der Waals surface area contributed by atoms with Crippen LogP contribution in [0.5, 0.6) is 5.88 Å². The number of thiophene rings is 1. The van der Waals surface area contributed by atoms with Crippen molar-refractivity contribution in [1.29, 1.82) is 0 Å². The topological polar surface area (TPSA) is 113 Å². The van der Waals surface area contributed by atoms with Crippen LogP contribution in [0.1, 0.15) is 22.3 Å². The zero-order chi connectivity index (χ0) is 22.4. The highest BCUT2D eigenvalue weighted by molar-refractivity contribution is 7.18. The van der Waals surface area contributed by atoms with Gasteiger partial charge < -0.3 is 19.9 Å². The van der Waals surface area contributed by atoms with Crippen molar-refractivity contribution in [2.45, 2.75) is 26.1 Å². The monoisotopic (exact) mass is 456 g/mol. The van der Waals surface area contributed by atoms with Gasteiger partial charge in [-0.1, -0.05) is 0 Å². The highest BCUT2D eigenvalue weighted by atomic mass is 32.1. The van der Waals surface area contributed by atoms with Crippen molar-refractivity contribution in [1.82, 2.24) is 24.8 Å². The average molecular weight is 457 g/mol. The molecule has 2 aliphatic heterocycles. The summed E-state index contributed by atoms with van der Waals surface area (Å²) in [6, 6.07) is 5.70. The Balaban J connectivity index is 1.33. The number of rotatable bonds is 4. The highest BCUT2D eigenvalue weighted by Crippen LogP contribution is 2.34. The number of aromatic nitrogens is 3. The summed E-state index contributed by atoms with van der Waals surface area (Å²) in [6.07, 6.45) is 0. The predicted molar refractivity (Wildman–Crippen MR) is 122 cm³/mol. The summed E-state index contributed by atoms with van der Waals surface area (Å²) in [6.45, 7) is 5.80. The minimum Gasteiger partial charge on any atom is -0.474 e. The molecule has 168 valence electrons. The summed E-state index contributed by atoms with van der Waals surface area (Å²) in [7, 11) is 1.58. The van der Waals surface area contributed by atoms with Gasteiger partial charge in [0.15, 0.2) is 0 Å². The molecule has 0 unspecified atom stereocenters. The lowest BCUT2D eigenvalue weighted by atomic mass is 10.1. The molecule has 1 fully saturated rings. The van der Waals surface area contributed by atoms with E-state index in [1.165, 1.54) is 15.9 Å². The summed E-state index contributed by atoms with van der Waals surface area (Å²) in [5.74, 6) is 0.259. The molecule has 0 aromatic carbocycles. The molecule has 0 bridgehead atoms. The van der Waals surface area contributed by atoms with Crippen LogP contribution >= 0.6 is 11.3 Å². The fourth-order valence-corrected chi connectivity index (χ4v) is 5.49. The number of nitrogens with zero attached hydrogens (tertiary/aromatic N) is 4. The number of aromatic amines is 1. The maximum Gasteiger partial charge on any atom is 0.328 e. The van der Waals surface area contributed by atoms with E-state index in [9.17, 15) is 14.4 Å². The van der Waals surface area contributed by atoms with Crippen molar-refractivity contribution in [2.75, 3.05) is 38.2 Å². The standard InChI is InChI=1S/C21H24N6O4S/c1-3-26-20(29)17-15(24-21(26)30)8-13(32-17)10-25-6-7-27-12(9-25)11-31-19-16(27)5-4-14(23-19)18(28)22-2/h4-5,8,12H,3,6-7,9-11H2,1-2H3,(H,22,28)(H,24,30)/t12-/m0/s1. The molecule has 1 atom stereocenters. The Morgan fingerprint density at radius 2 is 2.19 bits per heavy atom. The van der Waals surface area contributed by atoms with Gasteiger partial charge in [-0.2, -0.15) is 0 Å². The molecule has 0 radical (unpaired) electrons. The Labute approximate surface area is 187 Å². The van der Waals surface area contributed by atoms with Gasteiger partial charge in [-0.25, -0.2) is 9.78 Å². The number of carbonyl (C=O) groups excluding carboxylic acids is 1. The molecule has 1 amide bonds. The van der Waals surface area contributed by atoms with E-state index in [0.29, 0.717) is 41.5 Å². The van der Waals surface area contributed by atoms with Crippen molar-refractivity contribution in [3.05, 3.63) is 49.6 Å². The Morgan fingerprint density at radius 3 is 2.97 bits per heavy atom. The number of amides is 1. The van der Waals surface area contributed by atoms with Crippen LogP contribution in [0.15, 0.2) is 27.8 Å². The van der Waals surface area contributed by atoms with Gasteiger partial charge in [-0.15, -0.1) is 11.3 Å². The van der Waals surface area contributed by atoms with E-state index in [-0.39, 0.29) is 23.2 Å². The fraction of sp³-hybridized carbons (Fsp3) is 0.429. The quantitative estimate of drug-likeness (QED) is 0.592. The molecule has 5 heterocycles. The molecule has 5 rings (SSSR count). The number of piperazine rings is 1. The number of hydrogen-bond donors (Lipinski definition) is 2. The minimum atomic E-state index is -0.367. The third-order valence-corrected chi connectivity index (χ3v) is 7.10. The Kier molecular flexibility index (Phi) is 5.22. The van der Waals surface area contributed by atoms with E-state index in [4.69, 9.17) is 4.74 Å². The van der Waals surface area contributed by atoms with Gasteiger partial charge in [0.1, 0.15) is 22.7 Å². The fourth-order valence-electron chi connectivity index (χ4n) is 4.39. The van der Waals surface area contributed by atoms with Gasteiger partial charge in [0.05, 0.1) is 11.6 Å². The first-order chi connectivity index (χ1) is 15.5. The third kappa shape index (κ3) is 3.47. The number of carbonyl (C=O) groups is 1. The van der Waals surface area contributed by atoms with E-state index >= 15 is 0 Å². The molecule has 11 heteroatoms. The van der Waals surface area contributed by atoms with E-state index < -0.39 is 0 Å². The van der Waals surface area contributed by atoms with Gasteiger partial charge >= 0.3 is 5.69 Å². The van der Waals surface area contributed by atoms with Crippen LogP contribution < -0.4 is 26.2 Å². The predicted octanol–water partition coefficient (Wildman–Crippen LogP) is 0.609. The third-order valence-electron chi connectivity index (χ3n) is 5.99. The van der Waals surface area contributed by atoms with Gasteiger partial charge in [-0.05, 0) is 25.1 Å². The normalized spacial score (nSPS) is 18.2. The first kappa shape index (κ1) is 20.7. The smallest absolute Gasteiger partial charge is 0.328 e. The zero-order valence-corrected chi connectivity index (χ0v) is 18.7. The van der Waals surface area contributed by atoms with Gasteiger partial charge in [0, 0.05) is 44.6 Å². The number of hydrogen-bond acceptors (Lipinski definition) is 8. The van der Waals surface area contributed by atoms with Crippen LogP contribution in [0.4, 0.5) is 5.69 Å². The minimum absolute atomic E-state index is 0.176. The second kappa shape index (κ2) is 8.06. The Bertz CT molecular complexity index is 1310. The molecule has 10 nitrogen and oxygen atoms in total. The van der Waals surface area contributed by atoms with E-state index in [1.54, 1.807) is 20.0 Å². The highest BCUT2D eigenvalue weighted by Gasteiger charge is 2.34. The summed E-state index contributed by atoms with van der Waals surface area (Å²) in [5.41, 5.74) is 1.26. The molecule has 1 saturated heterocycles. The van der Waals surface area contributed by atoms with Crippen molar-refractivity contribution in [3.8, 4) is 5.88 Å². The Hall–Kier alpha value is -3.18. The number of H-pyrrole nitrogens is 1. The maximum atomic E-state index is 12.6. The van der Waals surface area contributed by atoms with Crippen LogP contribution in [0.2, 0.25) is 0 Å². The molecular formula is C21H24N6O4S. The average Bonchev–Trinajstić information content (AvgIpc) is 3.20. The molecule has 0 aliphatic carbocycles. The molecule has 3 aromatic rings. The van der Waals surface area contributed by atoms with Crippen molar-refractivity contribution >= 4 is 33.1 Å². The summed E-state index contributed by atoms with van der Waals surface area (Å²) in [4.78, 5) is 49.3. The number of fused-ring (bicyclic) bond motifs is 4. The zero-order valence-electron chi connectivity index (χ0n) is 17.9. The van der Waals surface area contributed by atoms with Crippen molar-refractivity contribution in [3.63, 3.8) is 0 Å². The number of anilines is 1. The van der Waals surface area contributed by atoms with Gasteiger partial charge in [0.2, 0.25) is 5.88 Å². The van der Waals surface area contributed by atoms with E-state index in [1.807, 2.05) is 12.1 Å². The molecule has 0 spiro atoms. The van der Waals surface area contributed by atoms with Crippen LogP contribution in [0, 0.1) is 0 Å². The largest absolute Gasteiger partial charge is 0.474 e. The first-order valence-electron chi connectivity index (χ1n) is 10.6. The number of ether oxygens (including phenoxy) is 1. The van der Waals surface area contributed by atoms with E-state index in [2.05, 4.69) is 25.1 Å². The van der Waals surface area contributed by atoms with Crippen LogP contribution in [0.25, 0.3) is 10.2 Å². The SMILES string of the molecule is CCn1c(=O)[nH]c2cc(CN3CCN4c5ccc(C(=O)NC)nc5OC[C@@H]4C3)sc2c1=O. The molecule has 3 aromatic heterocycles. The molecule has 32 heavy (non-hydrogen) atoms. The molecule has 2 aliphatic rings. The van der Waals surface area contributed by atoms with Crippen LogP contribution in [-0.4, -0.2) is 64.7 Å². The molecule has 0 saturated carbocycles. The van der Waals surface area contributed by atoms with E-state index in [0.717, 1.165) is 30.2 Å².